The van der Waals surface area contributed by atoms with Gasteiger partial charge in [-0.15, -0.1) is 5.10 Å². The molecule has 0 bridgehead atoms. The van der Waals surface area contributed by atoms with Gasteiger partial charge in [0.05, 0.1) is 5.56 Å². The van der Waals surface area contributed by atoms with Gasteiger partial charge in [0.2, 0.25) is 0 Å². The summed E-state index contributed by atoms with van der Waals surface area (Å²) in [5.41, 5.74) is 3.96. The highest BCUT2D eigenvalue weighted by Gasteiger charge is 2.26. The number of benzene rings is 1. The van der Waals surface area contributed by atoms with Gasteiger partial charge in [-0.05, 0) is 47.2 Å². The highest BCUT2D eigenvalue weighted by molar-refractivity contribution is 5.94. The molecule has 0 unspecified atom stereocenters. The maximum Gasteiger partial charge on any atom is 0.255 e. The summed E-state index contributed by atoms with van der Waals surface area (Å²) in [4.78, 5) is 16.9. The number of pyridine rings is 1. The molecule has 2 aromatic heterocycles. The fraction of sp³-hybridized carbons (Fsp3) is 0.333. The first kappa shape index (κ1) is 15.7. The van der Waals surface area contributed by atoms with E-state index in [1.807, 2.05) is 7.05 Å². The Kier molecular flexibility index (Phi) is 3.93. The summed E-state index contributed by atoms with van der Waals surface area (Å²) in [7, 11) is 3.96. The van der Waals surface area contributed by atoms with Gasteiger partial charge in [0.25, 0.3) is 5.91 Å². The van der Waals surface area contributed by atoms with Crippen molar-refractivity contribution in [3.8, 4) is 0 Å². The lowest BCUT2D eigenvalue weighted by molar-refractivity contribution is 0.0733. The Bertz CT molecular complexity index is 921. The van der Waals surface area contributed by atoms with Crippen molar-refractivity contribution in [3.63, 3.8) is 0 Å². The van der Waals surface area contributed by atoms with Crippen LogP contribution in [0.1, 0.15) is 21.5 Å². The molecule has 25 heavy (non-hydrogen) atoms. The molecule has 0 radical (unpaired) electrons. The molecule has 3 aromatic rings. The lowest BCUT2D eigenvalue weighted by atomic mass is 9.94. The normalized spacial score (nSPS) is 17.4. The Balaban J connectivity index is 1.49. The highest BCUT2D eigenvalue weighted by Crippen LogP contribution is 2.22. The van der Waals surface area contributed by atoms with E-state index in [4.69, 9.17) is 0 Å². The van der Waals surface area contributed by atoms with Crippen LogP contribution in [0.2, 0.25) is 0 Å². The molecular formula is C18H20N6O. The van der Waals surface area contributed by atoms with Gasteiger partial charge in [-0.3, -0.25) is 9.69 Å². The molecule has 7 nitrogen and oxygen atoms in total. The standard InChI is InChI=1S/C18H20N6O/c1-22-10-14-6-4-3-5-13(14)9-16(22)12-23(2)18(25)15-7-8-17-19-20-21-24(17)11-15/h3-8,11,16H,9-10,12H2,1-2H3/t16-/m1/s1. The van der Waals surface area contributed by atoms with Crippen LogP contribution in [0.25, 0.3) is 5.65 Å². The van der Waals surface area contributed by atoms with Crippen molar-refractivity contribution in [1.29, 1.82) is 0 Å². The van der Waals surface area contributed by atoms with Crippen LogP contribution in [-0.4, -0.2) is 62.4 Å². The first-order valence-corrected chi connectivity index (χ1v) is 8.32. The SMILES string of the molecule is CN(C[C@H]1Cc2ccccc2CN1C)C(=O)c1ccc2nnnn2c1. The number of carbonyl (C=O) groups excluding carboxylic acids is 1. The maximum absolute atomic E-state index is 12.8. The molecule has 4 rings (SSSR count). The van der Waals surface area contributed by atoms with Crippen LogP contribution in [-0.2, 0) is 13.0 Å². The summed E-state index contributed by atoms with van der Waals surface area (Å²) in [6.45, 7) is 1.59. The fourth-order valence-corrected chi connectivity index (χ4v) is 3.41. The monoisotopic (exact) mass is 336 g/mol. The quantitative estimate of drug-likeness (QED) is 0.720. The van der Waals surface area contributed by atoms with Crippen LogP contribution in [0.3, 0.4) is 0 Å². The minimum absolute atomic E-state index is 0.0235. The number of likely N-dealkylation sites (N-methyl/N-ethyl adjacent to an activating group) is 2. The Morgan fingerprint density at radius 1 is 1.24 bits per heavy atom. The van der Waals surface area contributed by atoms with Crippen molar-refractivity contribution < 1.29 is 4.79 Å². The van der Waals surface area contributed by atoms with Crippen LogP contribution in [0.15, 0.2) is 42.6 Å². The summed E-state index contributed by atoms with van der Waals surface area (Å²) in [5, 5.41) is 11.3. The van der Waals surface area contributed by atoms with Crippen LogP contribution >= 0.6 is 0 Å². The second kappa shape index (κ2) is 6.25. The van der Waals surface area contributed by atoms with E-state index >= 15 is 0 Å². The van der Waals surface area contributed by atoms with Crippen LogP contribution in [0, 0.1) is 0 Å². The molecule has 1 amide bonds. The van der Waals surface area contributed by atoms with Crippen LogP contribution in [0.5, 0.6) is 0 Å². The molecule has 1 aliphatic heterocycles. The zero-order chi connectivity index (χ0) is 17.4. The van der Waals surface area contributed by atoms with Gasteiger partial charge in [0, 0.05) is 32.4 Å². The summed E-state index contributed by atoms with van der Waals surface area (Å²) in [5.74, 6) is -0.0235. The molecule has 1 aliphatic rings. The van der Waals surface area contributed by atoms with E-state index in [2.05, 4.69) is 51.7 Å². The van der Waals surface area contributed by atoms with Crippen molar-refractivity contribution in [2.24, 2.45) is 0 Å². The third-order valence-corrected chi connectivity index (χ3v) is 4.89. The Hall–Kier alpha value is -2.80. The number of fused-ring (bicyclic) bond motifs is 2. The van der Waals surface area contributed by atoms with Gasteiger partial charge in [0.15, 0.2) is 5.65 Å². The van der Waals surface area contributed by atoms with E-state index in [1.165, 1.54) is 15.6 Å². The number of amides is 1. The number of nitrogens with zero attached hydrogens (tertiary/aromatic N) is 6. The molecule has 1 atom stereocenters. The summed E-state index contributed by atoms with van der Waals surface area (Å²) < 4.78 is 1.52. The number of tetrazole rings is 1. The van der Waals surface area contributed by atoms with Gasteiger partial charge in [-0.25, -0.2) is 0 Å². The maximum atomic E-state index is 12.8. The Morgan fingerprint density at radius 2 is 2.04 bits per heavy atom. The largest absolute Gasteiger partial charge is 0.340 e. The topological polar surface area (TPSA) is 66.6 Å². The molecule has 7 heteroatoms. The average Bonchev–Trinajstić information content (AvgIpc) is 3.09. The van der Waals surface area contributed by atoms with Crippen molar-refractivity contribution in [2.75, 3.05) is 20.6 Å². The number of rotatable bonds is 3. The summed E-state index contributed by atoms with van der Waals surface area (Å²) >= 11 is 0. The van der Waals surface area contributed by atoms with Gasteiger partial charge in [-0.1, -0.05) is 24.3 Å². The number of aromatic nitrogens is 4. The molecule has 0 saturated carbocycles. The molecule has 3 heterocycles. The van der Waals surface area contributed by atoms with E-state index < -0.39 is 0 Å². The van der Waals surface area contributed by atoms with Gasteiger partial charge in [-0.2, -0.15) is 4.52 Å². The first-order chi connectivity index (χ1) is 12.1. The van der Waals surface area contributed by atoms with E-state index in [0.29, 0.717) is 23.8 Å². The molecule has 0 spiro atoms. The van der Waals surface area contributed by atoms with Crippen molar-refractivity contribution in [3.05, 3.63) is 59.3 Å². The lowest BCUT2D eigenvalue weighted by Crippen LogP contribution is -2.46. The van der Waals surface area contributed by atoms with Crippen molar-refractivity contribution in [1.82, 2.24) is 29.8 Å². The minimum Gasteiger partial charge on any atom is -0.340 e. The second-order valence-corrected chi connectivity index (χ2v) is 6.63. The third-order valence-electron chi connectivity index (χ3n) is 4.89. The number of hydrogen-bond donors (Lipinski definition) is 0. The molecule has 0 aliphatic carbocycles. The number of hydrogen-bond acceptors (Lipinski definition) is 5. The molecule has 0 saturated heterocycles. The molecule has 128 valence electrons. The van der Waals surface area contributed by atoms with Gasteiger partial charge >= 0.3 is 0 Å². The molecule has 0 N–H and O–H groups in total. The minimum atomic E-state index is -0.0235. The average molecular weight is 336 g/mol. The van der Waals surface area contributed by atoms with E-state index in [-0.39, 0.29) is 5.91 Å². The second-order valence-electron chi connectivity index (χ2n) is 6.63. The van der Waals surface area contributed by atoms with E-state index in [1.54, 1.807) is 23.2 Å². The molecular weight excluding hydrogens is 316 g/mol. The Labute approximate surface area is 145 Å². The summed E-state index contributed by atoms with van der Waals surface area (Å²) in [6, 6.07) is 12.4. The predicted molar refractivity (Wildman–Crippen MR) is 93.1 cm³/mol. The zero-order valence-corrected chi connectivity index (χ0v) is 14.3. The third kappa shape index (κ3) is 2.98. The predicted octanol–water partition coefficient (Wildman–Crippen LogP) is 1.25. The summed E-state index contributed by atoms with van der Waals surface area (Å²) in [6.07, 6.45) is 2.63. The van der Waals surface area contributed by atoms with Crippen molar-refractivity contribution in [2.45, 2.75) is 19.0 Å². The van der Waals surface area contributed by atoms with E-state index in [0.717, 1.165) is 13.0 Å². The van der Waals surface area contributed by atoms with E-state index in [9.17, 15) is 4.79 Å². The smallest absolute Gasteiger partial charge is 0.255 e. The highest BCUT2D eigenvalue weighted by atomic mass is 16.2. The Morgan fingerprint density at radius 3 is 2.88 bits per heavy atom. The fourth-order valence-electron chi connectivity index (χ4n) is 3.41. The van der Waals surface area contributed by atoms with Crippen LogP contribution in [0.4, 0.5) is 0 Å². The first-order valence-electron chi connectivity index (χ1n) is 8.32. The molecule has 0 fully saturated rings. The zero-order valence-electron chi connectivity index (χ0n) is 14.3. The van der Waals surface area contributed by atoms with Crippen molar-refractivity contribution >= 4 is 11.6 Å². The van der Waals surface area contributed by atoms with Gasteiger partial charge < -0.3 is 4.90 Å². The van der Waals surface area contributed by atoms with Gasteiger partial charge in [0.1, 0.15) is 0 Å². The van der Waals surface area contributed by atoms with Crippen LogP contribution < -0.4 is 0 Å². The number of carbonyl (C=O) groups is 1. The lowest BCUT2D eigenvalue weighted by Gasteiger charge is -2.36. The molecule has 1 aromatic carbocycles.